The summed E-state index contributed by atoms with van der Waals surface area (Å²) in [4.78, 5) is 39.8. The molecule has 2 aromatic heterocycles. The van der Waals surface area contributed by atoms with E-state index in [1.807, 2.05) is 6.07 Å². The Hall–Kier alpha value is -4.26. The quantitative estimate of drug-likeness (QED) is 0.311. The van der Waals surface area contributed by atoms with Gasteiger partial charge in [-0.05, 0) is 30.3 Å². The van der Waals surface area contributed by atoms with Crippen molar-refractivity contribution >= 4 is 45.6 Å². The van der Waals surface area contributed by atoms with Crippen molar-refractivity contribution in [2.24, 2.45) is 0 Å². The zero-order valence-corrected chi connectivity index (χ0v) is 19.3. The van der Waals surface area contributed by atoms with Gasteiger partial charge < -0.3 is 16.0 Å². The van der Waals surface area contributed by atoms with Crippen LogP contribution >= 0.6 is 11.3 Å². The van der Waals surface area contributed by atoms with E-state index in [-0.39, 0.29) is 36.5 Å². The molecule has 0 spiro atoms. The second-order valence-corrected chi connectivity index (χ2v) is 8.42. The molecule has 0 saturated carbocycles. The summed E-state index contributed by atoms with van der Waals surface area (Å²) in [6, 6.07) is 13.5. The minimum absolute atomic E-state index is 0.0671. The van der Waals surface area contributed by atoms with Crippen molar-refractivity contribution in [3.05, 3.63) is 76.4 Å². The van der Waals surface area contributed by atoms with Crippen molar-refractivity contribution in [2.45, 2.75) is 12.7 Å². The Morgan fingerprint density at radius 1 is 0.972 bits per heavy atom. The first-order valence-corrected chi connectivity index (χ1v) is 11.5. The van der Waals surface area contributed by atoms with Crippen LogP contribution in [0.5, 0.6) is 0 Å². The van der Waals surface area contributed by atoms with E-state index in [4.69, 9.17) is 0 Å². The Kier molecular flexibility index (Phi) is 7.29. The lowest BCUT2D eigenvalue weighted by atomic mass is 10.2. The molecule has 9 nitrogen and oxygen atoms in total. The van der Waals surface area contributed by atoms with Gasteiger partial charge in [-0.1, -0.05) is 18.2 Å². The van der Waals surface area contributed by atoms with E-state index in [1.165, 1.54) is 4.68 Å². The fourth-order valence-electron chi connectivity index (χ4n) is 3.20. The molecule has 2 aromatic carbocycles. The number of carbonyl (C=O) groups is 3. The van der Waals surface area contributed by atoms with Crippen LogP contribution in [-0.4, -0.2) is 45.6 Å². The van der Waals surface area contributed by atoms with E-state index >= 15 is 0 Å². The van der Waals surface area contributed by atoms with Crippen LogP contribution in [-0.2, 0) is 17.5 Å². The van der Waals surface area contributed by atoms with Gasteiger partial charge in [-0.3, -0.25) is 19.1 Å². The average Bonchev–Trinajstić information content (AvgIpc) is 3.49. The fraction of sp³-hybridized carbons (Fsp3) is 0.174. The number of halogens is 3. The number of carbonyl (C=O) groups excluding carboxylic acids is 3. The van der Waals surface area contributed by atoms with E-state index in [0.29, 0.717) is 33.5 Å². The highest BCUT2D eigenvalue weighted by molar-refractivity contribution is 7.11. The molecule has 186 valence electrons. The lowest BCUT2D eigenvalue weighted by Crippen LogP contribution is -2.36. The number of benzene rings is 2. The van der Waals surface area contributed by atoms with Crippen molar-refractivity contribution in [3.8, 4) is 0 Å². The number of hydrogen-bond acceptors (Lipinski definition) is 6. The van der Waals surface area contributed by atoms with Crippen molar-refractivity contribution in [2.75, 3.05) is 18.4 Å². The molecule has 4 aromatic rings. The van der Waals surface area contributed by atoms with Crippen molar-refractivity contribution < 1.29 is 27.6 Å². The van der Waals surface area contributed by atoms with Crippen molar-refractivity contribution in [3.63, 3.8) is 0 Å². The largest absolute Gasteiger partial charge is 0.434 e. The molecule has 0 radical (unpaired) electrons. The number of nitrogens with zero attached hydrogens (tertiary/aromatic N) is 3. The molecular weight excluding hydrogens is 497 g/mol. The zero-order valence-electron chi connectivity index (χ0n) is 18.5. The third-order valence-electron chi connectivity index (χ3n) is 4.87. The van der Waals surface area contributed by atoms with Gasteiger partial charge in [0.25, 0.3) is 11.8 Å². The summed E-state index contributed by atoms with van der Waals surface area (Å²) in [6.07, 6.45) is -3.02. The highest BCUT2D eigenvalue weighted by Crippen LogP contribution is 2.30. The van der Waals surface area contributed by atoms with Gasteiger partial charge in [-0.15, -0.1) is 11.3 Å². The van der Waals surface area contributed by atoms with Gasteiger partial charge >= 0.3 is 6.18 Å². The Morgan fingerprint density at radius 3 is 2.44 bits per heavy atom. The van der Waals surface area contributed by atoms with Crippen LogP contribution in [0, 0.1) is 0 Å². The summed E-state index contributed by atoms with van der Waals surface area (Å²) in [5.74, 6) is -1.31. The van der Waals surface area contributed by atoms with Crippen LogP contribution < -0.4 is 16.0 Å². The van der Waals surface area contributed by atoms with Crippen LogP contribution in [0.15, 0.2) is 60.1 Å². The second kappa shape index (κ2) is 10.6. The summed E-state index contributed by atoms with van der Waals surface area (Å²) in [7, 11) is 0. The van der Waals surface area contributed by atoms with Gasteiger partial charge in [0.15, 0.2) is 10.7 Å². The lowest BCUT2D eigenvalue weighted by molar-refractivity contribution is -0.140. The van der Waals surface area contributed by atoms with E-state index in [9.17, 15) is 27.6 Å². The first-order chi connectivity index (χ1) is 17.2. The molecule has 0 atom stereocenters. The fourth-order valence-corrected chi connectivity index (χ4v) is 3.92. The highest BCUT2D eigenvalue weighted by Gasteiger charge is 2.34. The second-order valence-electron chi connectivity index (χ2n) is 7.56. The van der Waals surface area contributed by atoms with Gasteiger partial charge in [0.2, 0.25) is 5.91 Å². The molecule has 0 unspecified atom stereocenters. The zero-order chi connectivity index (χ0) is 25.7. The topological polar surface area (TPSA) is 118 Å². The first-order valence-electron chi connectivity index (χ1n) is 10.6. The third-order valence-corrected chi connectivity index (χ3v) is 5.71. The van der Waals surface area contributed by atoms with E-state index < -0.39 is 17.8 Å². The molecule has 0 aliphatic carbocycles. The third kappa shape index (κ3) is 6.24. The normalized spacial score (nSPS) is 11.3. The molecule has 0 fully saturated rings. The summed E-state index contributed by atoms with van der Waals surface area (Å²) < 4.78 is 39.5. The maximum absolute atomic E-state index is 12.7. The number of aromatic nitrogens is 3. The molecule has 3 amide bonds. The molecule has 13 heteroatoms. The van der Waals surface area contributed by atoms with Gasteiger partial charge in [-0.2, -0.15) is 18.3 Å². The van der Waals surface area contributed by atoms with Gasteiger partial charge in [0.1, 0.15) is 6.54 Å². The van der Waals surface area contributed by atoms with Crippen molar-refractivity contribution in [1.82, 2.24) is 25.4 Å². The lowest BCUT2D eigenvalue weighted by Gasteiger charge is -2.07. The number of hydrogen-bond donors (Lipinski definition) is 3. The molecule has 0 bridgehead atoms. The number of fused-ring (bicyclic) bond motifs is 1. The van der Waals surface area contributed by atoms with Crippen LogP contribution in [0.4, 0.5) is 18.9 Å². The summed E-state index contributed by atoms with van der Waals surface area (Å²) in [6.45, 7) is 0.427. The van der Waals surface area contributed by atoms with E-state index in [1.54, 1.807) is 48.7 Å². The van der Waals surface area contributed by atoms with Gasteiger partial charge in [-0.25, -0.2) is 4.98 Å². The van der Waals surface area contributed by atoms with Gasteiger partial charge in [0.05, 0.1) is 5.52 Å². The Bertz CT molecular complexity index is 1400. The first kappa shape index (κ1) is 24.9. The molecule has 4 rings (SSSR count). The van der Waals surface area contributed by atoms with Crippen LogP contribution in [0.2, 0.25) is 0 Å². The molecule has 0 aliphatic heterocycles. The SMILES string of the molecule is O=C(Cn1cc2cc(NC(=O)c3nc(C(F)(F)F)cs3)ccc2n1)NCCNC(=O)c1ccccc1. The molecular formula is C23H19F3N6O3S. The Labute approximate surface area is 206 Å². The molecule has 0 saturated heterocycles. The Balaban J connectivity index is 1.28. The minimum atomic E-state index is -4.62. The molecule has 3 N–H and O–H groups in total. The van der Waals surface area contributed by atoms with Gasteiger partial charge in [0, 0.05) is 41.3 Å². The number of thiazole rings is 1. The summed E-state index contributed by atoms with van der Waals surface area (Å²) in [5, 5.41) is 13.3. The standard InChI is InChI=1S/C23H19F3N6O3S/c24-23(25,26)18-13-36-22(30-18)21(35)29-16-6-7-17-15(10-16)11-32(31-17)12-19(33)27-8-9-28-20(34)14-4-2-1-3-5-14/h1-7,10-11,13H,8-9,12H2,(H,27,33)(H,28,34)(H,29,35). The predicted octanol–water partition coefficient (Wildman–Crippen LogP) is 3.31. The Morgan fingerprint density at radius 2 is 1.72 bits per heavy atom. The maximum Gasteiger partial charge on any atom is 0.434 e. The minimum Gasteiger partial charge on any atom is -0.353 e. The van der Waals surface area contributed by atoms with Crippen molar-refractivity contribution in [1.29, 1.82) is 0 Å². The number of anilines is 1. The number of amides is 3. The molecule has 2 heterocycles. The monoisotopic (exact) mass is 516 g/mol. The smallest absolute Gasteiger partial charge is 0.353 e. The summed E-state index contributed by atoms with van der Waals surface area (Å²) in [5.41, 5.74) is 0.311. The van der Waals surface area contributed by atoms with E-state index in [2.05, 4.69) is 26.0 Å². The highest BCUT2D eigenvalue weighted by atomic mass is 32.1. The van der Waals surface area contributed by atoms with E-state index in [0.717, 1.165) is 5.38 Å². The maximum atomic E-state index is 12.7. The number of nitrogens with one attached hydrogen (secondary N) is 3. The van der Waals surface area contributed by atoms with Crippen LogP contribution in [0.1, 0.15) is 25.9 Å². The van der Waals surface area contributed by atoms with Crippen LogP contribution in [0.3, 0.4) is 0 Å². The molecule has 0 aliphatic rings. The van der Waals surface area contributed by atoms with Crippen LogP contribution in [0.25, 0.3) is 10.9 Å². The average molecular weight is 517 g/mol. The summed E-state index contributed by atoms with van der Waals surface area (Å²) >= 11 is 0.599. The number of rotatable bonds is 8. The predicted molar refractivity (Wildman–Crippen MR) is 127 cm³/mol. The number of alkyl halides is 3. The molecule has 36 heavy (non-hydrogen) atoms.